The van der Waals surface area contributed by atoms with Crippen LogP contribution in [0.2, 0.25) is 0 Å². The Morgan fingerprint density at radius 1 is 1.33 bits per heavy atom. The molecule has 0 aliphatic carbocycles. The van der Waals surface area contributed by atoms with Crippen molar-refractivity contribution in [2.75, 3.05) is 12.5 Å². The number of fused-ring (bicyclic) bond motifs is 1. The first kappa shape index (κ1) is 15.9. The van der Waals surface area contributed by atoms with E-state index in [1.807, 2.05) is 24.3 Å². The van der Waals surface area contributed by atoms with Gasteiger partial charge in [0.15, 0.2) is 5.75 Å². The van der Waals surface area contributed by atoms with Crippen molar-refractivity contribution < 1.29 is 9.66 Å². The zero-order valence-corrected chi connectivity index (χ0v) is 13.8. The number of ether oxygens (including phenoxy) is 1. The number of para-hydroxylation sites is 1. The monoisotopic (exact) mass is 342 g/mol. The molecule has 0 aliphatic rings. The molecule has 122 valence electrons. The maximum atomic E-state index is 11.1. The predicted octanol–water partition coefficient (Wildman–Crippen LogP) is 4.05. The standard InChI is InChI=1S/C16H14N4O3S/c1-10(11-7-8-14(23-2)13(9-11)20(21)22)18-19-16-17-12-5-3-4-6-15(12)24-16/h3-9H,1-2H3,(H,17,19)/b18-10+. The van der Waals surface area contributed by atoms with Gasteiger partial charge in [0.2, 0.25) is 5.13 Å². The number of anilines is 1. The third-order valence-electron chi connectivity index (χ3n) is 3.41. The average molecular weight is 342 g/mol. The first-order valence-electron chi connectivity index (χ1n) is 7.07. The lowest BCUT2D eigenvalue weighted by Gasteiger charge is -2.05. The fourth-order valence-corrected chi connectivity index (χ4v) is 2.98. The van der Waals surface area contributed by atoms with Crippen molar-refractivity contribution >= 4 is 38.1 Å². The summed E-state index contributed by atoms with van der Waals surface area (Å²) in [4.78, 5) is 15.0. The Labute approximate surface area is 141 Å². The molecule has 0 saturated carbocycles. The van der Waals surface area contributed by atoms with E-state index in [4.69, 9.17) is 4.74 Å². The molecule has 0 saturated heterocycles. The highest BCUT2D eigenvalue weighted by atomic mass is 32.1. The molecule has 1 heterocycles. The van der Waals surface area contributed by atoms with Crippen molar-refractivity contribution in [1.29, 1.82) is 0 Å². The Kier molecular flexibility index (Phi) is 4.39. The van der Waals surface area contributed by atoms with Gasteiger partial charge in [-0.25, -0.2) is 4.98 Å². The summed E-state index contributed by atoms with van der Waals surface area (Å²) in [5.41, 5.74) is 4.96. The Morgan fingerprint density at radius 3 is 2.83 bits per heavy atom. The number of benzene rings is 2. The van der Waals surface area contributed by atoms with E-state index in [-0.39, 0.29) is 11.4 Å². The fraction of sp³-hybridized carbons (Fsp3) is 0.125. The molecule has 3 rings (SSSR count). The van der Waals surface area contributed by atoms with Crippen molar-refractivity contribution in [2.24, 2.45) is 5.10 Å². The molecular weight excluding hydrogens is 328 g/mol. The molecule has 0 spiro atoms. The second-order valence-corrected chi connectivity index (χ2v) is 5.97. The van der Waals surface area contributed by atoms with E-state index in [1.54, 1.807) is 19.1 Å². The number of hydrazone groups is 1. The average Bonchev–Trinajstić information content (AvgIpc) is 3.02. The minimum absolute atomic E-state index is 0.0930. The number of hydrogen-bond acceptors (Lipinski definition) is 7. The maximum absolute atomic E-state index is 11.1. The van der Waals surface area contributed by atoms with Crippen molar-refractivity contribution in [1.82, 2.24) is 4.98 Å². The summed E-state index contributed by atoms with van der Waals surface area (Å²) in [5, 5.41) is 16.0. The van der Waals surface area contributed by atoms with Gasteiger partial charge in [-0.05, 0) is 31.2 Å². The second-order valence-electron chi connectivity index (χ2n) is 4.94. The molecule has 24 heavy (non-hydrogen) atoms. The third kappa shape index (κ3) is 3.18. The Morgan fingerprint density at radius 2 is 2.12 bits per heavy atom. The van der Waals surface area contributed by atoms with Crippen LogP contribution >= 0.6 is 11.3 Å². The smallest absolute Gasteiger partial charge is 0.311 e. The number of nitrogens with zero attached hydrogens (tertiary/aromatic N) is 3. The second kappa shape index (κ2) is 6.63. The van der Waals surface area contributed by atoms with Gasteiger partial charge in [0.1, 0.15) is 0 Å². The zero-order valence-electron chi connectivity index (χ0n) is 13.0. The number of aromatic nitrogens is 1. The van der Waals surface area contributed by atoms with E-state index < -0.39 is 4.92 Å². The summed E-state index contributed by atoms with van der Waals surface area (Å²) < 4.78 is 6.06. The summed E-state index contributed by atoms with van der Waals surface area (Å²) in [6.07, 6.45) is 0. The highest BCUT2D eigenvalue weighted by molar-refractivity contribution is 7.22. The van der Waals surface area contributed by atoms with Crippen molar-refractivity contribution in [2.45, 2.75) is 6.92 Å². The molecule has 3 aromatic rings. The normalized spacial score (nSPS) is 11.5. The molecule has 0 bridgehead atoms. The number of hydrogen-bond donors (Lipinski definition) is 1. The number of nitro groups is 1. The largest absolute Gasteiger partial charge is 0.490 e. The van der Waals surface area contributed by atoms with E-state index in [1.165, 1.54) is 24.5 Å². The molecule has 2 aromatic carbocycles. The van der Waals surface area contributed by atoms with Gasteiger partial charge >= 0.3 is 5.69 Å². The highest BCUT2D eigenvalue weighted by Crippen LogP contribution is 2.28. The van der Waals surface area contributed by atoms with Crippen molar-refractivity contribution in [3.63, 3.8) is 0 Å². The van der Waals surface area contributed by atoms with Gasteiger partial charge in [0.05, 0.1) is 28.0 Å². The fourth-order valence-electron chi connectivity index (χ4n) is 2.17. The van der Waals surface area contributed by atoms with Crippen LogP contribution in [0, 0.1) is 10.1 Å². The molecule has 1 N–H and O–H groups in total. The lowest BCUT2D eigenvalue weighted by Crippen LogP contribution is -2.02. The molecule has 0 atom stereocenters. The number of rotatable bonds is 5. The minimum Gasteiger partial charge on any atom is -0.490 e. The summed E-state index contributed by atoms with van der Waals surface area (Å²) in [6.45, 7) is 1.77. The summed E-state index contributed by atoms with van der Waals surface area (Å²) in [5.74, 6) is 0.218. The quantitative estimate of drug-likeness (QED) is 0.429. The van der Waals surface area contributed by atoms with Crippen molar-refractivity contribution in [3.8, 4) is 5.75 Å². The SMILES string of the molecule is COc1ccc(/C(C)=N/Nc2nc3ccccc3s2)cc1[N+](=O)[O-]. The van der Waals surface area contributed by atoms with Crippen LogP contribution < -0.4 is 10.2 Å². The van der Waals surface area contributed by atoms with Crippen LogP contribution in [0.15, 0.2) is 47.6 Å². The Hall–Kier alpha value is -3.00. The zero-order chi connectivity index (χ0) is 17.1. The minimum atomic E-state index is -0.476. The molecular formula is C16H14N4O3S. The van der Waals surface area contributed by atoms with Crippen LogP contribution in [-0.4, -0.2) is 22.7 Å². The van der Waals surface area contributed by atoms with Crippen molar-refractivity contribution in [3.05, 3.63) is 58.1 Å². The van der Waals surface area contributed by atoms with Gasteiger partial charge in [0.25, 0.3) is 0 Å². The topological polar surface area (TPSA) is 89.7 Å². The third-order valence-corrected chi connectivity index (χ3v) is 4.35. The van der Waals surface area contributed by atoms with E-state index in [0.717, 1.165) is 10.2 Å². The van der Waals surface area contributed by atoms with E-state index >= 15 is 0 Å². The molecule has 7 nitrogen and oxygen atoms in total. The lowest BCUT2D eigenvalue weighted by atomic mass is 10.1. The van der Waals surface area contributed by atoms with Gasteiger partial charge in [-0.2, -0.15) is 5.10 Å². The first-order chi connectivity index (χ1) is 11.6. The number of nitro benzene ring substituents is 1. The van der Waals surface area contributed by atoms with E-state index in [9.17, 15) is 10.1 Å². The van der Waals surface area contributed by atoms with E-state index in [2.05, 4.69) is 15.5 Å². The van der Waals surface area contributed by atoms with Crippen LogP contribution in [0.3, 0.4) is 0 Å². The molecule has 0 fully saturated rings. The highest BCUT2D eigenvalue weighted by Gasteiger charge is 2.16. The van der Waals surface area contributed by atoms with Gasteiger partial charge in [0, 0.05) is 11.6 Å². The molecule has 0 unspecified atom stereocenters. The summed E-state index contributed by atoms with van der Waals surface area (Å²) in [7, 11) is 1.40. The van der Waals surface area contributed by atoms with Crippen LogP contribution in [0.4, 0.5) is 10.8 Å². The molecule has 0 aliphatic heterocycles. The van der Waals surface area contributed by atoms with Gasteiger partial charge in [-0.1, -0.05) is 23.5 Å². The summed E-state index contributed by atoms with van der Waals surface area (Å²) >= 11 is 1.49. The molecule has 0 amide bonds. The Balaban J connectivity index is 1.85. The van der Waals surface area contributed by atoms with E-state index in [0.29, 0.717) is 16.4 Å². The van der Waals surface area contributed by atoms with Gasteiger partial charge < -0.3 is 4.74 Å². The van der Waals surface area contributed by atoms with Crippen LogP contribution in [0.25, 0.3) is 10.2 Å². The molecule has 0 radical (unpaired) electrons. The predicted molar refractivity (Wildman–Crippen MR) is 95.1 cm³/mol. The van der Waals surface area contributed by atoms with Crippen LogP contribution in [0.5, 0.6) is 5.75 Å². The maximum Gasteiger partial charge on any atom is 0.311 e. The van der Waals surface area contributed by atoms with Gasteiger partial charge in [-0.3, -0.25) is 15.5 Å². The first-order valence-corrected chi connectivity index (χ1v) is 7.89. The Bertz CT molecular complexity index is 903. The molecule has 8 heteroatoms. The number of methoxy groups -OCH3 is 1. The van der Waals surface area contributed by atoms with Crippen LogP contribution in [0.1, 0.15) is 12.5 Å². The lowest BCUT2D eigenvalue weighted by molar-refractivity contribution is -0.385. The molecule has 1 aromatic heterocycles. The number of thiazole rings is 1. The summed E-state index contributed by atoms with van der Waals surface area (Å²) in [6, 6.07) is 12.5. The number of nitrogens with one attached hydrogen (secondary N) is 1. The van der Waals surface area contributed by atoms with Gasteiger partial charge in [-0.15, -0.1) is 0 Å². The van der Waals surface area contributed by atoms with Crippen LogP contribution in [-0.2, 0) is 0 Å².